The van der Waals surface area contributed by atoms with Gasteiger partial charge in [0.15, 0.2) is 5.82 Å². The fourth-order valence-electron chi connectivity index (χ4n) is 4.39. The van der Waals surface area contributed by atoms with Crippen molar-refractivity contribution in [2.45, 2.75) is 44.6 Å². The minimum Gasteiger partial charge on any atom is -0.381 e. The van der Waals surface area contributed by atoms with Gasteiger partial charge in [0, 0.05) is 57.8 Å². The number of ether oxygens (including phenoxy) is 2. The van der Waals surface area contributed by atoms with Crippen LogP contribution in [-0.4, -0.2) is 67.3 Å². The summed E-state index contributed by atoms with van der Waals surface area (Å²) in [6.07, 6.45) is 5.12. The summed E-state index contributed by atoms with van der Waals surface area (Å²) in [6, 6.07) is 2.11. The number of anilines is 1. The molecule has 3 fully saturated rings. The standard InChI is InChI=1S/C20H30N4O3/c1-26-14-18-21-17(16-6-11-27-13-16)12-19(22-18)23-9-4-15(5-10-23)20(25)24-7-2-3-8-24/h12,15-16H,2-11,13-14H2,1H3. The lowest BCUT2D eigenvalue weighted by atomic mass is 9.95. The smallest absolute Gasteiger partial charge is 0.225 e. The number of nitrogens with zero attached hydrogens (tertiary/aromatic N) is 4. The molecule has 0 aromatic carbocycles. The Morgan fingerprint density at radius 2 is 1.96 bits per heavy atom. The molecule has 0 radical (unpaired) electrons. The fourth-order valence-corrected chi connectivity index (χ4v) is 4.39. The maximum Gasteiger partial charge on any atom is 0.225 e. The zero-order valence-electron chi connectivity index (χ0n) is 16.2. The monoisotopic (exact) mass is 374 g/mol. The molecule has 1 atom stereocenters. The van der Waals surface area contributed by atoms with Crippen molar-refractivity contribution in [2.75, 3.05) is 51.4 Å². The van der Waals surface area contributed by atoms with Crippen molar-refractivity contribution in [2.24, 2.45) is 5.92 Å². The van der Waals surface area contributed by atoms with Gasteiger partial charge in [-0.15, -0.1) is 0 Å². The number of piperidine rings is 1. The Morgan fingerprint density at radius 1 is 1.19 bits per heavy atom. The highest BCUT2D eigenvalue weighted by atomic mass is 16.5. The highest BCUT2D eigenvalue weighted by molar-refractivity contribution is 5.79. The second kappa shape index (κ2) is 8.52. The van der Waals surface area contributed by atoms with E-state index < -0.39 is 0 Å². The van der Waals surface area contributed by atoms with Gasteiger partial charge >= 0.3 is 0 Å². The molecule has 3 saturated heterocycles. The number of aromatic nitrogens is 2. The van der Waals surface area contributed by atoms with E-state index in [0.29, 0.717) is 18.4 Å². The fraction of sp³-hybridized carbons (Fsp3) is 0.750. The Labute approximate surface area is 161 Å². The summed E-state index contributed by atoms with van der Waals surface area (Å²) in [7, 11) is 1.67. The van der Waals surface area contributed by atoms with Crippen LogP contribution in [0.2, 0.25) is 0 Å². The van der Waals surface area contributed by atoms with Gasteiger partial charge in [-0.05, 0) is 32.1 Å². The number of amides is 1. The summed E-state index contributed by atoms with van der Waals surface area (Å²) in [5.41, 5.74) is 1.06. The van der Waals surface area contributed by atoms with Gasteiger partial charge in [0.25, 0.3) is 0 Å². The summed E-state index contributed by atoms with van der Waals surface area (Å²) < 4.78 is 10.8. The molecule has 1 unspecified atom stereocenters. The quantitative estimate of drug-likeness (QED) is 0.785. The van der Waals surface area contributed by atoms with Gasteiger partial charge in [0.1, 0.15) is 12.4 Å². The summed E-state index contributed by atoms with van der Waals surface area (Å²) >= 11 is 0. The molecule has 3 aliphatic heterocycles. The minimum absolute atomic E-state index is 0.169. The zero-order chi connectivity index (χ0) is 18.6. The predicted molar refractivity (Wildman–Crippen MR) is 102 cm³/mol. The first kappa shape index (κ1) is 18.6. The number of carbonyl (C=O) groups excluding carboxylic acids is 1. The van der Waals surface area contributed by atoms with E-state index in [-0.39, 0.29) is 5.92 Å². The van der Waals surface area contributed by atoms with Crippen LogP contribution in [0.4, 0.5) is 5.82 Å². The zero-order valence-corrected chi connectivity index (χ0v) is 16.2. The molecule has 4 heterocycles. The van der Waals surface area contributed by atoms with Crippen LogP contribution in [0.3, 0.4) is 0 Å². The molecule has 1 amide bonds. The molecule has 0 aliphatic carbocycles. The van der Waals surface area contributed by atoms with E-state index in [1.54, 1.807) is 7.11 Å². The van der Waals surface area contributed by atoms with Crippen LogP contribution in [-0.2, 0) is 20.9 Å². The molecule has 7 heteroatoms. The molecule has 148 valence electrons. The number of carbonyl (C=O) groups is 1. The van der Waals surface area contributed by atoms with Gasteiger partial charge < -0.3 is 19.3 Å². The number of hydrogen-bond acceptors (Lipinski definition) is 6. The lowest BCUT2D eigenvalue weighted by molar-refractivity contribution is -0.135. The number of likely N-dealkylation sites (tertiary alicyclic amines) is 1. The molecule has 1 aromatic heterocycles. The number of methoxy groups -OCH3 is 1. The van der Waals surface area contributed by atoms with Gasteiger partial charge in [-0.3, -0.25) is 4.79 Å². The van der Waals surface area contributed by atoms with Crippen LogP contribution in [0, 0.1) is 5.92 Å². The normalized spacial score (nSPS) is 24.0. The van der Waals surface area contributed by atoms with Crippen molar-refractivity contribution < 1.29 is 14.3 Å². The predicted octanol–water partition coefficient (Wildman–Crippen LogP) is 1.97. The summed E-state index contributed by atoms with van der Waals surface area (Å²) in [5.74, 6) is 2.57. The molecular formula is C20H30N4O3. The molecule has 3 aliphatic rings. The maximum absolute atomic E-state index is 12.7. The molecule has 0 bridgehead atoms. The van der Waals surface area contributed by atoms with E-state index in [1.807, 2.05) is 0 Å². The van der Waals surface area contributed by atoms with Crippen LogP contribution in [0.5, 0.6) is 0 Å². The second-order valence-electron chi connectivity index (χ2n) is 7.85. The van der Waals surface area contributed by atoms with E-state index in [9.17, 15) is 4.79 Å². The van der Waals surface area contributed by atoms with Gasteiger partial charge in [-0.25, -0.2) is 9.97 Å². The third-order valence-electron chi connectivity index (χ3n) is 5.99. The van der Waals surface area contributed by atoms with Crippen molar-refractivity contribution in [1.82, 2.24) is 14.9 Å². The second-order valence-corrected chi connectivity index (χ2v) is 7.85. The van der Waals surface area contributed by atoms with Crippen LogP contribution >= 0.6 is 0 Å². The lowest BCUT2D eigenvalue weighted by Gasteiger charge is -2.34. The largest absolute Gasteiger partial charge is 0.381 e. The molecule has 7 nitrogen and oxygen atoms in total. The number of rotatable bonds is 5. The van der Waals surface area contributed by atoms with Crippen molar-refractivity contribution in [3.05, 3.63) is 17.6 Å². The van der Waals surface area contributed by atoms with Crippen molar-refractivity contribution in [3.8, 4) is 0 Å². The third kappa shape index (κ3) is 4.24. The molecule has 0 N–H and O–H groups in total. The van der Waals surface area contributed by atoms with Crippen LogP contribution in [0.1, 0.15) is 49.5 Å². The van der Waals surface area contributed by atoms with E-state index in [4.69, 9.17) is 19.4 Å². The minimum atomic E-state index is 0.169. The Bertz CT molecular complexity index is 649. The molecule has 4 rings (SSSR count). The Hall–Kier alpha value is -1.73. The molecule has 27 heavy (non-hydrogen) atoms. The van der Waals surface area contributed by atoms with Gasteiger partial charge in [-0.1, -0.05) is 0 Å². The summed E-state index contributed by atoms with van der Waals surface area (Å²) in [6.45, 7) is 5.57. The Morgan fingerprint density at radius 3 is 2.63 bits per heavy atom. The van der Waals surface area contributed by atoms with Gasteiger partial charge in [0.05, 0.1) is 12.3 Å². The van der Waals surface area contributed by atoms with Crippen LogP contribution in [0.15, 0.2) is 6.07 Å². The molecule has 0 spiro atoms. The summed E-state index contributed by atoms with van der Waals surface area (Å²) in [5, 5.41) is 0. The van der Waals surface area contributed by atoms with Gasteiger partial charge in [-0.2, -0.15) is 0 Å². The van der Waals surface area contributed by atoms with E-state index in [0.717, 1.165) is 88.8 Å². The lowest BCUT2D eigenvalue weighted by Crippen LogP contribution is -2.42. The topological polar surface area (TPSA) is 67.8 Å². The third-order valence-corrected chi connectivity index (χ3v) is 5.99. The van der Waals surface area contributed by atoms with E-state index >= 15 is 0 Å². The molecular weight excluding hydrogens is 344 g/mol. The van der Waals surface area contributed by atoms with E-state index in [1.165, 1.54) is 0 Å². The first-order chi connectivity index (χ1) is 13.2. The van der Waals surface area contributed by atoms with Crippen LogP contribution in [0.25, 0.3) is 0 Å². The highest BCUT2D eigenvalue weighted by Gasteiger charge is 2.31. The van der Waals surface area contributed by atoms with Gasteiger partial charge in [0.2, 0.25) is 5.91 Å². The first-order valence-electron chi connectivity index (χ1n) is 10.2. The Balaban J connectivity index is 1.44. The maximum atomic E-state index is 12.7. The molecule has 0 saturated carbocycles. The van der Waals surface area contributed by atoms with Crippen molar-refractivity contribution in [1.29, 1.82) is 0 Å². The van der Waals surface area contributed by atoms with Crippen molar-refractivity contribution >= 4 is 11.7 Å². The average molecular weight is 374 g/mol. The molecule has 1 aromatic rings. The number of hydrogen-bond donors (Lipinski definition) is 0. The summed E-state index contributed by atoms with van der Waals surface area (Å²) in [4.78, 5) is 26.4. The average Bonchev–Trinajstić information content (AvgIpc) is 3.41. The van der Waals surface area contributed by atoms with E-state index in [2.05, 4.69) is 15.9 Å². The Kier molecular flexibility index (Phi) is 5.88. The van der Waals surface area contributed by atoms with Crippen molar-refractivity contribution in [3.63, 3.8) is 0 Å². The first-order valence-corrected chi connectivity index (χ1v) is 10.2. The SMILES string of the molecule is COCc1nc(C2CCOC2)cc(N2CCC(C(=O)N3CCCC3)CC2)n1. The van der Waals surface area contributed by atoms with Crippen LogP contribution < -0.4 is 4.90 Å². The highest BCUT2D eigenvalue weighted by Crippen LogP contribution is 2.29.